The summed E-state index contributed by atoms with van der Waals surface area (Å²) in [6.45, 7) is 5.55. The van der Waals surface area contributed by atoms with E-state index in [4.69, 9.17) is 9.52 Å². The van der Waals surface area contributed by atoms with Crippen LogP contribution in [0.1, 0.15) is 27.5 Å². The Morgan fingerprint density at radius 1 is 1.18 bits per heavy atom. The lowest BCUT2D eigenvalue weighted by atomic mass is 10.0. The molecule has 2 rings (SSSR count). The molecule has 0 saturated heterocycles. The standard InChI is InChI=1S/C13H13NO3/c1-7-4-8(2)6-10(5-7)12-11(13(15)16)14-9(3)17-12/h4-6H,1-3H3,(H,15,16). The van der Waals surface area contributed by atoms with E-state index in [-0.39, 0.29) is 5.69 Å². The first-order valence-corrected chi connectivity index (χ1v) is 5.27. The average Bonchev–Trinajstić information content (AvgIpc) is 2.59. The number of carboxylic acids is 1. The predicted molar refractivity (Wildman–Crippen MR) is 63.1 cm³/mol. The molecule has 1 heterocycles. The van der Waals surface area contributed by atoms with E-state index in [0.29, 0.717) is 11.7 Å². The molecule has 88 valence electrons. The van der Waals surface area contributed by atoms with Gasteiger partial charge in [-0.25, -0.2) is 9.78 Å². The summed E-state index contributed by atoms with van der Waals surface area (Å²) in [5, 5.41) is 9.06. The van der Waals surface area contributed by atoms with Gasteiger partial charge in [-0.1, -0.05) is 17.2 Å². The highest BCUT2D eigenvalue weighted by molar-refractivity contribution is 5.92. The number of hydrogen-bond acceptors (Lipinski definition) is 3. The smallest absolute Gasteiger partial charge is 0.358 e. The third-order valence-corrected chi connectivity index (χ3v) is 2.42. The Hall–Kier alpha value is -2.10. The van der Waals surface area contributed by atoms with Gasteiger partial charge in [-0.2, -0.15) is 0 Å². The Balaban J connectivity index is 2.63. The van der Waals surface area contributed by atoms with Gasteiger partial charge >= 0.3 is 5.97 Å². The lowest BCUT2D eigenvalue weighted by Gasteiger charge is -2.02. The second-order valence-electron chi connectivity index (χ2n) is 4.09. The first-order chi connectivity index (χ1) is 7.97. The molecule has 17 heavy (non-hydrogen) atoms. The lowest BCUT2D eigenvalue weighted by molar-refractivity contribution is 0.0691. The summed E-state index contributed by atoms with van der Waals surface area (Å²) in [6, 6.07) is 5.80. The van der Waals surface area contributed by atoms with Crippen molar-refractivity contribution >= 4 is 5.97 Å². The van der Waals surface area contributed by atoms with Crippen LogP contribution in [0.2, 0.25) is 0 Å². The lowest BCUT2D eigenvalue weighted by Crippen LogP contribution is -1.99. The fourth-order valence-electron chi connectivity index (χ4n) is 1.87. The van der Waals surface area contributed by atoms with E-state index in [1.807, 2.05) is 32.0 Å². The number of aromatic carboxylic acids is 1. The number of aryl methyl sites for hydroxylation is 3. The number of carboxylic acid groups (broad SMARTS) is 1. The van der Waals surface area contributed by atoms with E-state index in [9.17, 15) is 4.79 Å². The van der Waals surface area contributed by atoms with Crippen LogP contribution < -0.4 is 0 Å². The molecule has 2 aromatic rings. The van der Waals surface area contributed by atoms with E-state index in [1.54, 1.807) is 6.92 Å². The van der Waals surface area contributed by atoms with Gasteiger partial charge in [-0.3, -0.25) is 0 Å². The third-order valence-electron chi connectivity index (χ3n) is 2.42. The number of carbonyl (C=O) groups is 1. The monoisotopic (exact) mass is 231 g/mol. The fourth-order valence-corrected chi connectivity index (χ4v) is 1.87. The van der Waals surface area contributed by atoms with E-state index >= 15 is 0 Å². The quantitative estimate of drug-likeness (QED) is 0.863. The maximum absolute atomic E-state index is 11.1. The molecule has 1 N–H and O–H groups in total. The maximum Gasteiger partial charge on any atom is 0.358 e. The largest absolute Gasteiger partial charge is 0.476 e. The highest BCUT2D eigenvalue weighted by Gasteiger charge is 2.19. The van der Waals surface area contributed by atoms with Crippen molar-refractivity contribution in [3.63, 3.8) is 0 Å². The molecule has 1 aromatic carbocycles. The second kappa shape index (κ2) is 4.05. The Morgan fingerprint density at radius 3 is 2.29 bits per heavy atom. The number of oxazole rings is 1. The number of benzene rings is 1. The van der Waals surface area contributed by atoms with Gasteiger partial charge < -0.3 is 9.52 Å². The minimum Gasteiger partial charge on any atom is -0.476 e. The van der Waals surface area contributed by atoms with Gasteiger partial charge in [-0.05, 0) is 26.0 Å². The highest BCUT2D eigenvalue weighted by atomic mass is 16.4. The molecule has 1 aromatic heterocycles. The van der Waals surface area contributed by atoms with Crippen LogP contribution in [-0.2, 0) is 0 Å². The van der Waals surface area contributed by atoms with Crippen LogP contribution in [0.3, 0.4) is 0 Å². The van der Waals surface area contributed by atoms with E-state index in [2.05, 4.69) is 4.98 Å². The summed E-state index contributed by atoms with van der Waals surface area (Å²) in [6.07, 6.45) is 0. The van der Waals surface area contributed by atoms with Crippen molar-refractivity contribution in [1.29, 1.82) is 0 Å². The van der Waals surface area contributed by atoms with E-state index in [1.165, 1.54) is 0 Å². The molecule has 0 spiro atoms. The molecule has 0 aliphatic carbocycles. The van der Waals surface area contributed by atoms with Crippen LogP contribution >= 0.6 is 0 Å². The second-order valence-corrected chi connectivity index (χ2v) is 4.09. The Labute approximate surface area is 98.9 Å². The van der Waals surface area contributed by atoms with Gasteiger partial charge in [0.2, 0.25) is 0 Å². The van der Waals surface area contributed by atoms with Gasteiger partial charge in [-0.15, -0.1) is 0 Å². The van der Waals surface area contributed by atoms with Crippen LogP contribution in [0, 0.1) is 20.8 Å². The number of nitrogens with zero attached hydrogens (tertiary/aromatic N) is 1. The van der Waals surface area contributed by atoms with Gasteiger partial charge in [0.05, 0.1) is 0 Å². The van der Waals surface area contributed by atoms with Crippen molar-refractivity contribution in [2.45, 2.75) is 20.8 Å². The summed E-state index contributed by atoms with van der Waals surface area (Å²) in [5.74, 6) is -0.394. The topological polar surface area (TPSA) is 63.3 Å². The molecule has 0 atom stereocenters. The Bertz CT molecular complexity index is 564. The summed E-state index contributed by atoms with van der Waals surface area (Å²) >= 11 is 0. The van der Waals surface area contributed by atoms with Crippen LogP contribution in [0.25, 0.3) is 11.3 Å². The van der Waals surface area contributed by atoms with Crippen LogP contribution in [0.15, 0.2) is 22.6 Å². The maximum atomic E-state index is 11.1. The number of rotatable bonds is 2. The molecule has 0 aliphatic rings. The number of hydrogen-bond donors (Lipinski definition) is 1. The zero-order valence-electron chi connectivity index (χ0n) is 9.94. The van der Waals surface area contributed by atoms with E-state index in [0.717, 1.165) is 16.7 Å². The summed E-state index contributed by atoms with van der Waals surface area (Å²) in [7, 11) is 0. The molecule has 0 fully saturated rings. The van der Waals surface area contributed by atoms with Crippen LogP contribution in [-0.4, -0.2) is 16.1 Å². The molecule has 0 amide bonds. The molecule has 0 bridgehead atoms. The number of aromatic nitrogens is 1. The summed E-state index contributed by atoms with van der Waals surface area (Å²) in [5.41, 5.74) is 2.84. The molecule has 4 heteroatoms. The Morgan fingerprint density at radius 2 is 1.76 bits per heavy atom. The van der Waals surface area contributed by atoms with Gasteiger partial charge in [0, 0.05) is 12.5 Å². The molecule has 0 radical (unpaired) electrons. The van der Waals surface area contributed by atoms with Crippen molar-refractivity contribution in [3.8, 4) is 11.3 Å². The molecular formula is C13H13NO3. The first-order valence-electron chi connectivity index (χ1n) is 5.27. The normalized spacial score (nSPS) is 10.5. The Kier molecular flexibility index (Phi) is 2.71. The van der Waals surface area contributed by atoms with Crippen molar-refractivity contribution < 1.29 is 14.3 Å². The SMILES string of the molecule is Cc1cc(C)cc(-c2oc(C)nc2C(=O)O)c1. The van der Waals surface area contributed by atoms with Gasteiger partial charge in [0.1, 0.15) is 0 Å². The van der Waals surface area contributed by atoms with Gasteiger partial charge in [0.15, 0.2) is 17.3 Å². The van der Waals surface area contributed by atoms with Crippen LogP contribution in [0.4, 0.5) is 0 Å². The minimum absolute atomic E-state index is 0.0347. The van der Waals surface area contributed by atoms with Crippen molar-refractivity contribution in [2.24, 2.45) is 0 Å². The predicted octanol–water partition coefficient (Wildman–Crippen LogP) is 2.97. The first kappa shape index (κ1) is 11.4. The van der Waals surface area contributed by atoms with Crippen molar-refractivity contribution in [2.75, 3.05) is 0 Å². The average molecular weight is 231 g/mol. The zero-order chi connectivity index (χ0) is 12.6. The van der Waals surface area contributed by atoms with E-state index < -0.39 is 5.97 Å². The molecule has 0 unspecified atom stereocenters. The summed E-state index contributed by atoms with van der Waals surface area (Å²) < 4.78 is 5.38. The highest BCUT2D eigenvalue weighted by Crippen LogP contribution is 2.26. The molecule has 4 nitrogen and oxygen atoms in total. The minimum atomic E-state index is -1.07. The van der Waals surface area contributed by atoms with Crippen molar-refractivity contribution in [1.82, 2.24) is 4.98 Å². The van der Waals surface area contributed by atoms with Crippen LogP contribution in [0.5, 0.6) is 0 Å². The van der Waals surface area contributed by atoms with Gasteiger partial charge in [0.25, 0.3) is 0 Å². The van der Waals surface area contributed by atoms with Crippen molar-refractivity contribution in [3.05, 3.63) is 40.9 Å². The molecule has 0 saturated carbocycles. The third kappa shape index (κ3) is 2.20. The zero-order valence-corrected chi connectivity index (χ0v) is 9.94. The molecule has 0 aliphatic heterocycles. The fraction of sp³-hybridized carbons (Fsp3) is 0.231. The summed E-state index contributed by atoms with van der Waals surface area (Å²) in [4.78, 5) is 14.9. The molecular weight excluding hydrogens is 218 g/mol.